The first-order valence-electron chi connectivity index (χ1n) is 10.4. The average molecular weight is 475 g/mol. The summed E-state index contributed by atoms with van der Waals surface area (Å²) in [7, 11) is 1.56. The van der Waals surface area contributed by atoms with Crippen molar-refractivity contribution in [2.24, 2.45) is 0 Å². The summed E-state index contributed by atoms with van der Waals surface area (Å²) in [4.78, 5) is 28.4. The molecule has 0 aliphatic heterocycles. The molecule has 0 aliphatic rings. The molecule has 4 rings (SSSR count). The fourth-order valence-corrected chi connectivity index (χ4v) is 3.82. The molecule has 7 nitrogen and oxygen atoms in total. The molecule has 0 fully saturated rings. The molecule has 0 aliphatic carbocycles. The second-order valence-electron chi connectivity index (χ2n) is 7.15. The smallest absolute Gasteiger partial charge is 0.344 e. The maximum absolute atomic E-state index is 12.1. The number of anilines is 1. The van der Waals surface area contributed by atoms with Gasteiger partial charge in [0.05, 0.1) is 12.8 Å². The molecule has 0 atom stereocenters. The maximum Gasteiger partial charge on any atom is 0.344 e. The van der Waals surface area contributed by atoms with Crippen molar-refractivity contribution < 1.29 is 23.8 Å². The number of amides is 1. The van der Waals surface area contributed by atoms with E-state index in [0.717, 1.165) is 22.4 Å². The zero-order valence-electron chi connectivity index (χ0n) is 18.4. The van der Waals surface area contributed by atoms with Crippen LogP contribution in [0.25, 0.3) is 22.4 Å². The van der Waals surface area contributed by atoms with Gasteiger partial charge in [-0.25, -0.2) is 9.78 Å². The molecule has 1 N–H and O–H groups in total. The lowest BCUT2D eigenvalue weighted by Gasteiger charge is -2.07. The molecule has 0 radical (unpaired) electrons. The fourth-order valence-electron chi connectivity index (χ4n) is 3.09. The maximum atomic E-state index is 12.1. The minimum absolute atomic E-state index is 0.306. The van der Waals surface area contributed by atoms with Crippen LogP contribution in [-0.2, 0) is 14.3 Å². The van der Waals surface area contributed by atoms with Crippen molar-refractivity contribution in [2.45, 2.75) is 0 Å². The first kappa shape index (κ1) is 23.0. The van der Waals surface area contributed by atoms with Crippen LogP contribution in [0.2, 0.25) is 0 Å². The van der Waals surface area contributed by atoms with E-state index in [-0.39, 0.29) is 6.61 Å². The number of nitrogens with zero attached hydrogens (tertiary/aromatic N) is 1. The second kappa shape index (κ2) is 11.1. The number of methoxy groups -OCH3 is 1. The molecule has 0 unspecified atom stereocenters. The summed E-state index contributed by atoms with van der Waals surface area (Å²) in [5.74, 6) is 0.0536. The molecule has 0 saturated heterocycles. The van der Waals surface area contributed by atoms with Crippen LogP contribution in [0.4, 0.5) is 5.13 Å². The topological polar surface area (TPSA) is 86.8 Å². The van der Waals surface area contributed by atoms with E-state index in [1.165, 1.54) is 11.3 Å². The number of benzene rings is 3. The van der Waals surface area contributed by atoms with Crippen molar-refractivity contribution in [1.82, 2.24) is 4.98 Å². The molecule has 0 saturated carbocycles. The van der Waals surface area contributed by atoms with Crippen LogP contribution in [0.1, 0.15) is 0 Å². The fraction of sp³-hybridized carbons (Fsp3) is 0.115. The molecule has 1 aromatic heterocycles. The van der Waals surface area contributed by atoms with Gasteiger partial charge in [-0.05, 0) is 35.4 Å². The number of aromatic nitrogens is 1. The van der Waals surface area contributed by atoms with E-state index in [1.54, 1.807) is 31.4 Å². The van der Waals surface area contributed by atoms with E-state index in [4.69, 9.17) is 14.2 Å². The highest BCUT2D eigenvalue weighted by molar-refractivity contribution is 7.14. The van der Waals surface area contributed by atoms with Gasteiger partial charge in [0, 0.05) is 10.9 Å². The van der Waals surface area contributed by atoms with Crippen LogP contribution in [-0.4, -0.2) is 37.2 Å². The Kier molecular flexibility index (Phi) is 7.52. The normalized spacial score (nSPS) is 10.4. The predicted octanol–water partition coefficient (Wildman–Crippen LogP) is 5.05. The van der Waals surface area contributed by atoms with Crippen LogP contribution in [0, 0.1) is 0 Å². The van der Waals surface area contributed by atoms with Crippen molar-refractivity contribution in [3.8, 4) is 33.9 Å². The zero-order chi connectivity index (χ0) is 23.8. The lowest BCUT2D eigenvalue weighted by atomic mass is 10.0. The van der Waals surface area contributed by atoms with Crippen LogP contribution >= 0.6 is 11.3 Å². The van der Waals surface area contributed by atoms with Crippen molar-refractivity contribution in [3.05, 3.63) is 84.2 Å². The molecule has 8 heteroatoms. The van der Waals surface area contributed by atoms with E-state index in [2.05, 4.69) is 22.4 Å². The highest BCUT2D eigenvalue weighted by Gasteiger charge is 2.12. The minimum Gasteiger partial charge on any atom is -0.497 e. The molecule has 172 valence electrons. The number of esters is 1. The van der Waals surface area contributed by atoms with E-state index >= 15 is 0 Å². The van der Waals surface area contributed by atoms with E-state index in [0.29, 0.717) is 16.6 Å². The molecule has 0 spiro atoms. The molecule has 4 aromatic rings. The summed E-state index contributed by atoms with van der Waals surface area (Å²) in [5, 5.41) is 4.94. The Morgan fingerprint density at radius 1 is 0.824 bits per heavy atom. The summed E-state index contributed by atoms with van der Waals surface area (Å²) in [6.45, 7) is -0.731. The summed E-state index contributed by atoms with van der Waals surface area (Å²) < 4.78 is 15.4. The first-order chi connectivity index (χ1) is 16.6. The van der Waals surface area contributed by atoms with E-state index in [1.807, 2.05) is 47.8 Å². The van der Waals surface area contributed by atoms with Gasteiger partial charge in [0.2, 0.25) is 0 Å². The van der Waals surface area contributed by atoms with Gasteiger partial charge >= 0.3 is 5.97 Å². The third kappa shape index (κ3) is 6.20. The molecule has 1 heterocycles. The van der Waals surface area contributed by atoms with Crippen LogP contribution in [0.15, 0.2) is 84.2 Å². The van der Waals surface area contributed by atoms with Crippen molar-refractivity contribution in [3.63, 3.8) is 0 Å². The van der Waals surface area contributed by atoms with Crippen molar-refractivity contribution in [2.75, 3.05) is 25.6 Å². The van der Waals surface area contributed by atoms with Gasteiger partial charge in [-0.2, -0.15) is 0 Å². The standard InChI is InChI=1S/C26H22N2O5S/c1-31-21-11-13-22(14-12-21)32-16-25(30)33-15-24(29)28-26-27-23(17-34-26)20-9-7-19(8-10-20)18-5-3-2-4-6-18/h2-14,17H,15-16H2,1H3,(H,27,28,29). The van der Waals surface area contributed by atoms with Gasteiger partial charge in [0.25, 0.3) is 5.91 Å². The van der Waals surface area contributed by atoms with Gasteiger partial charge < -0.3 is 14.2 Å². The summed E-state index contributed by atoms with van der Waals surface area (Å²) >= 11 is 1.30. The van der Waals surface area contributed by atoms with Crippen LogP contribution < -0.4 is 14.8 Å². The first-order valence-corrected chi connectivity index (χ1v) is 11.3. The van der Waals surface area contributed by atoms with Crippen LogP contribution in [0.3, 0.4) is 0 Å². The Morgan fingerprint density at radius 3 is 2.18 bits per heavy atom. The molecule has 3 aromatic carbocycles. The van der Waals surface area contributed by atoms with Gasteiger partial charge in [-0.1, -0.05) is 54.6 Å². The molecule has 1 amide bonds. The summed E-state index contributed by atoms with van der Waals surface area (Å²) in [6.07, 6.45) is 0. The molecular formula is C26H22N2O5S. The Labute approximate surface area is 201 Å². The molecular weight excluding hydrogens is 452 g/mol. The van der Waals surface area contributed by atoms with E-state index in [9.17, 15) is 9.59 Å². The number of thiazole rings is 1. The Bertz CT molecular complexity index is 1240. The number of rotatable bonds is 9. The Balaban J connectivity index is 1.24. The minimum atomic E-state index is -0.649. The Morgan fingerprint density at radius 2 is 1.47 bits per heavy atom. The second-order valence-corrected chi connectivity index (χ2v) is 8.01. The lowest BCUT2D eigenvalue weighted by Crippen LogP contribution is -2.23. The van der Waals surface area contributed by atoms with Crippen molar-refractivity contribution in [1.29, 1.82) is 0 Å². The average Bonchev–Trinajstić information content (AvgIpc) is 3.35. The summed E-state index contributed by atoms with van der Waals surface area (Å²) in [6, 6.07) is 25.0. The van der Waals surface area contributed by atoms with Gasteiger partial charge in [0.15, 0.2) is 18.3 Å². The number of carbonyl (C=O) groups excluding carboxylic acids is 2. The van der Waals surface area contributed by atoms with Gasteiger partial charge in [-0.3, -0.25) is 10.1 Å². The Hall–Kier alpha value is -4.17. The summed E-state index contributed by atoms with van der Waals surface area (Å²) in [5.41, 5.74) is 3.96. The number of hydrogen-bond acceptors (Lipinski definition) is 7. The lowest BCUT2D eigenvalue weighted by molar-refractivity contribution is -0.149. The largest absolute Gasteiger partial charge is 0.497 e. The highest BCUT2D eigenvalue weighted by Crippen LogP contribution is 2.27. The molecule has 34 heavy (non-hydrogen) atoms. The quantitative estimate of drug-likeness (QED) is 0.342. The van der Waals surface area contributed by atoms with E-state index < -0.39 is 18.5 Å². The number of ether oxygens (including phenoxy) is 3. The zero-order valence-corrected chi connectivity index (χ0v) is 19.2. The highest BCUT2D eigenvalue weighted by atomic mass is 32.1. The number of nitrogens with one attached hydrogen (secondary N) is 1. The van der Waals surface area contributed by atoms with Gasteiger partial charge in [0.1, 0.15) is 11.5 Å². The predicted molar refractivity (Wildman–Crippen MR) is 131 cm³/mol. The third-order valence-electron chi connectivity index (χ3n) is 4.82. The molecule has 0 bridgehead atoms. The van der Waals surface area contributed by atoms with Crippen LogP contribution in [0.5, 0.6) is 11.5 Å². The number of hydrogen-bond donors (Lipinski definition) is 1. The SMILES string of the molecule is COc1ccc(OCC(=O)OCC(=O)Nc2nc(-c3ccc(-c4ccccc4)cc3)cs2)cc1. The monoisotopic (exact) mass is 474 g/mol. The third-order valence-corrected chi connectivity index (χ3v) is 5.58. The van der Waals surface area contributed by atoms with Gasteiger partial charge in [-0.15, -0.1) is 11.3 Å². The number of carbonyl (C=O) groups is 2. The van der Waals surface area contributed by atoms with Crippen molar-refractivity contribution >= 4 is 28.3 Å².